The number of nitrogens with one attached hydrogen (secondary N) is 1. The number of hydrogen-bond acceptors (Lipinski definition) is 5. The van der Waals surface area contributed by atoms with Crippen molar-refractivity contribution in [2.45, 2.75) is 25.5 Å². The van der Waals surface area contributed by atoms with Crippen LogP contribution in [-0.2, 0) is 4.74 Å². The first-order valence-corrected chi connectivity index (χ1v) is 8.92. The van der Waals surface area contributed by atoms with Gasteiger partial charge in [-0.05, 0) is 31.0 Å². The fourth-order valence-electron chi connectivity index (χ4n) is 3.46. The largest absolute Gasteiger partial charge is 0.389 e. The van der Waals surface area contributed by atoms with Gasteiger partial charge < -0.3 is 25.8 Å². The third kappa shape index (κ3) is 4.14. The van der Waals surface area contributed by atoms with E-state index in [0.29, 0.717) is 44.1 Å². The lowest BCUT2D eigenvalue weighted by Crippen LogP contribution is -2.45. The third-order valence-electron chi connectivity index (χ3n) is 5.07. The highest BCUT2D eigenvalue weighted by Gasteiger charge is 2.33. The zero-order chi connectivity index (χ0) is 18.7. The van der Waals surface area contributed by atoms with Gasteiger partial charge in [-0.2, -0.15) is 0 Å². The van der Waals surface area contributed by atoms with E-state index in [2.05, 4.69) is 10.2 Å². The summed E-state index contributed by atoms with van der Waals surface area (Å²) in [5.74, 6) is -0.525. The van der Waals surface area contributed by atoms with Crippen LogP contribution in [0.5, 0.6) is 0 Å². The van der Waals surface area contributed by atoms with Gasteiger partial charge in [-0.25, -0.2) is 4.79 Å². The molecule has 0 spiro atoms. The van der Waals surface area contributed by atoms with Gasteiger partial charge in [0.05, 0.1) is 25.4 Å². The molecule has 3 amide bonds. The van der Waals surface area contributed by atoms with Crippen molar-refractivity contribution in [3.63, 3.8) is 0 Å². The predicted octanol–water partition coefficient (Wildman–Crippen LogP) is 0.393. The third-order valence-corrected chi connectivity index (χ3v) is 5.07. The maximum Gasteiger partial charge on any atom is 0.321 e. The first-order chi connectivity index (χ1) is 12.5. The summed E-state index contributed by atoms with van der Waals surface area (Å²) in [6, 6.07) is 4.83. The second kappa shape index (κ2) is 8.03. The number of ether oxygens (including phenoxy) is 1. The van der Waals surface area contributed by atoms with E-state index < -0.39 is 12.0 Å². The summed E-state index contributed by atoms with van der Waals surface area (Å²) in [5.41, 5.74) is 7.14. The van der Waals surface area contributed by atoms with Crippen molar-refractivity contribution < 1.29 is 19.4 Å². The van der Waals surface area contributed by atoms with E-state index in [1.54, 1.807) is 23.1 Å². The van der Waals surface area contributed by atoms with Crippen LogP contribution in [-0.4, -0.2) is 78.4 Å². The topological polar surface area (TPSA) is 108 Å². The summed E-state index contributed by atoms with van der Waals surface area (Å²) in [7, 11) is 0. The number of primary amides is 1. The van der Waals surface area contributed by atoms with Crippen LogP contribution in [0.4, 0.5) is 10.5 Å². The molecule has 0 aliphatic carbocycles. The van der Waals surface area contributed by atoms with Crippen LogP contribution in [0.2, 0.25) is 0 Å². The van der Waals surface area contributed by atoms with Crippen molar-refractivity contribution in [3.8, 4) is 0 Å². The van der Waals surface area contributed by atoms with Crippen molar-refractivity contribution in [2.24, 2.45) is 5.73 Å². The molecule has 2 aliphatic rings. The number of aryl methyl sites for hydroxylation is 1. The Morgan fingerprint density at radius 2 is 2.04 bits per heavy atom. The maximum absolute atomic E-state index is 12.7. The van der Waals surface area contributed by atoms with Gasteiger partial charge in [-0.3, -0.25) is 9.69 Å². The number of benzene rings is 1. The van der Waals surface area contributed by atoms with Gasteiger partial charge in [0, 0.05) is 37.4 Å². The first kappa shape index (κ1) is 18.6. The van der Waals surface area contributed by atoms with E-state index in [-0.39, 0.29) is 12.1 Å². The van der Waals surface area contributed by atoms with E-state index in [1.807, 2.05) is 6.92 Å². The van der Waals surface area contributed by atoms with E-state index in [9.17, 15) is 14.7 Å². The van der Waals surface area contributed by atoms with Gasteiger partial charge >= 0.3 is 6.03 Å². The number of hydrogen-bond donors (Lipinski definition) is 3. The van der Waals surface area contributed by atoms with Crippen molar-refractivity contribution >= 4 is 17.6 Å². The Bertz CT molecular complexity index is 681. The SMILES string of the molecule is Cc1ccc(C(N)=O)cc1NC(=O)N1CCCN([C@H]2COC[C@@H]2O)CC1. The molecule has 0 radical (unpaired) electrons. The van der Waals surface area contributed by atoms with Crippen LogP contribution < -0.4 is 11.1 Å². The van der Waals surface area contributed by atoms with E-state index in [0.717, 1.165) is 18.5 Å². The highest BCUT2D eigenvalue weighted by molar-refractivity contribution is 5.96. The first-order valence-electron chi connectivity index (χ1n) is 8.92. The van der Waals surface area contributed by atoms with Gasteiger partial charge in [0.1, 0.15) is 0 Å². The molecule has 2 fully saturated rings. The van der Waals surface area contributed by atoms with Gasteiger partial charge in [-0.1, -0.05) is 6.07 Å². The fourth-order valence-corrected chi connectivity index (χ4v) is 3.46. The normalized spacial score (nSPS) is 24.3. The number of rotatable bonds is 3. The highest BCUT2D eigenvalue weighted by Crippen LogP contribution is 2.19. The van der Waals surface area contributed by atoms with E-state index in [4.69, 9.17) is 10.5 Å². The zero-order valence-corrected chi connectivity index (χ0v) is 15.0. The number of anilines is 1. The number of amides is 3. The molecule has 8 heteroatoms. The quantitative estimate of drug-likeness (QED) is 0.721. The molecule has 2 saturated heterocycles. The molecule has 26 heavy (non-hydrogen) atoms. The van der Waals surface area contributed by atoms with Crippen molar-refractivity contribution in [3.05, 3.63) is 29.3 Å². The Balaban J connectivity index is 1.62. The molecule has 8 nitrogen and oxygen atoms in total. The number of aliphatic hydroxyl groups is 1. The Morgan fingerprint density at radius 3 is 2.73 bits per heavy atom. The molecule has 2 heterocycles. The van der Waals surface area contributed by atoms with Gasteiger partial charge in [-0.15, -0.1) is 0 Å². The molecule has 0 unspecified atom stereocenters. The molecule has 0 aromatic heterocycles. The molecule has 0 saturated carbocycles. The summed E-state index contributed by atoms with van der Waals surface area (Å²) < 4.78 is 5.34. The summed E-state index contributed by atoms with van der Waals surface area (Å²) in [4.78, 5) is 28.0. The van der Waals surface area contributed by atoms with Gasteiger partial charge in [0.25, 0.3) is 0 Å². The number of aliphatic hydroxyl groups excluding tert-OH is 1. The Kier molecular flexibility index (Phi) is 5.75. The lowest BCUT2D eigenvalue weighted by Gasteiger charge is -2.28. The summed E-state index contributed by atoms with van der Waals surface area (Å²) in [5, 5.41) is 12.9. The van der Waals surface area contributed by atoms with Crippen LogP contribution in [0.25, 0.3) is 0 Å². The second-order valence-electron chi connectivity index (χ2n) is 6.87. The van der Waals surface area contributed by atoms with Crippen LogP contribution in [0.1, 0.15) is 22.3 Å². The molecule has 2 aliphatic heterocycles. The average Bonchev–Trinajstić information content (AvgIpc) is 2.89. The fraction of sp³-hybridized carbons (Fsp3) is 0.556. The number of nitrogens with two attached hydrogens (primary N) is 1. The molecule has 4 N–H and O–H groups in total. The van der Waals surface area contributed by atoms with E-state index in [1.165, 1.54) is 0 Å². The standard InChI is InChI=1S/C18H26N4O4/c1-12-3-4-13(17(19)24)9-14(12)20-18(25)22-6-2-5-21(7-8-22)15-10-26-11-16(15)23/h3-4,9,15-16,23H,2,5-8,10-11H2,1H3,(H2,19,24)(H,20,25)/t15-,16-/m0/s1. The summed E-state index contributed by atoms with van der Waals surface area (Å²) in [6.07, 6.45) is 0.367. The molecule has 3 rings (SSSR count). The van der Waals surface area contributed by atoms with Crippen LogP contribution in [0.3, 0.4) is 0 Å². The number of carbonyl (C=O) groups is 2. The maximum atomic E-state index is 12.7. The minimum atomic E-state index is -0.525. The molecule has 142 valence electrons. The van der Waals surface area contributed by atoms with E-state index >= 15 is 0 Å². The minimum absolute atomic E-state index is 0.00695. The number of carbonyl (C=O) groups excluding carboxylic acids is 2. The average molecular weight is 362 g/mol. The second-order valence-corrected chi connectivity index (χ2v) is 6.87. The van der Waals surface area contributed by atoms with Crippen LogP contribution >= 0.6 is 0 Å². The highest BCUT2D eigenvalue weighted by atomic mass is 16.5. The van der Waals surface area contributed by atoms with Crippen molar-refractivity contribution in [2.75, 3.05) is 44.7 Å². The number of urea groups is 1. The summed E-state index contributed by atoms with van der Waals surface area (Å²) in [6.45, 7) is 5.51. The Hall–Kier alpha value is -2.16. The summed E-state index contributed by atoms with van der Waals surface area (Å²) >= 11 is 0. The van der Waals surface area contributed by atoms with Crippen molar-refractivity contribution in [1.82, 2.24) is 9.80 Å². The number of nitrogens with zero attached hydrogens (tertiary/aromatic N) is 2. The van der Waals surface area contributed by atoms with Crippen LogP contribution in [0.15, 0.2) is 18.2 Å². The lowest BCUT2D eigenvalue weighted by molar-refractivity contribution is 0.0845. The van der Waals surface area contributed by atoms with Gasteiger partial charge in [0.2, 0.25) is 5.91 Å². The lowest BCUT2D eigenvalue weighted by atomic mass is 10.1. The Labute approximate surface area is 152 Å². The molecular weight excluding hydrogens is 336 g/mol. The molecule has 2 atom stereocenters. The zero-order valence-electron chi connectivity index (χ0n) is 15.0. The molecular formula is C18H26N4O4. The predicted molar refractivity (Wildman–Crippen MR) is 97.1 cm³/mol. The monoisotopic (exact) mass is 362 g/mol. The van der Waals surface area contributed by atoms with Gasteiger partial charge in [0.15, 0.2) is 0 Å². The Morgan fingerprint density at radius 1 is 1.23 bits per heavy atom. The molecule has 1 aromatic carbocycles. The molecule has 0 bridgehead atoms. The van der Waals surface area contributed by atoms with Crippen LogP contribution in [0, 0.1) is 6.92 Å². The van der Waals surface area contributed by atoms with Crippen molar-refractivity contribution in [1.29, 1.82) is 0 Å². The minimum Gasteiger partial charge on any atom is -0.389 e. The molecule has 1 aromatic rings. The smallest absolute Gasteiger partial charge is 0.321 e.